The number of carbonyl (C=O) groups is 1. The minimum atomic E-state index is -0.335. The highest BCUT2D eigenvalue weighted by Gasteiger charge is 2.22. The van der Waals surface area contributed by atoms with Crippen molar-refractivity contribution in [2.45, 2.75) is 6.92 Å². The van der Waals surface area contributed by atoms with Gasteiger partial charge in [-0.05, 0) is 30.5 Å². The quantitative estimate of drug-likeness (QED) is 0.565. The molecule has 0 spiro atoms. The number of para-hydroxylation sites is 1. The Bertz CT molecular complexity index is 861. The molecule has 0 aliphatic rings. The Morgan fingerprint density at radius 2 is 2.04 bits per heavy atom. The van der Waals surface area contributed by atoms with E-state index < -0.39 is 0 Å². The lowest BCUT2D eigenvalue weighted by molar-refractivity contribution is 0.0935. The molecule has 0 N–H and O–H groups in total. The van der Waals surface area contributed by atoms with Crippen molar-refractivity contribution in [3.8, 4) is 22.5 Å². The van der Waals surface area contributed by atoms with Crippen LogP contribution in [0.2, 0.25) is 0 Å². The molecule has 136 valence electrons. The highest BCUT2D eigenvalue weighted by Crippen LogP contribution is 2.27. The van der Waals surface area contributed by atoms with Gasteiger partial charge < -0.3 is 14.2 Å². The maximum absolute atomic E-state index is 13.0. The third-order valence-electron chi connectivity index (χ3n) is 3.52. The summed E-state index contributed by atoms with van der Waals surface area (Å²) in [4.78, 5) is 18.2. The average molecular weight is 373 g/mol. The van der Waals surface area contributed by atoms with Crippen molar-refractivity contribution in [3.05, 3.63) is 47.3 Å². The molecule has 2 heterocycles. The van der Waals surface area contributed by atoms with Gasteiger partial charge in [0.25, 0.3) is 5.91 Å². The van der Waals surface area contributed by atoms with Gasteiger partial charge in [0.05, 0.1) is 24.2 Å². The van der Waals surface area contributed by atoms with E-state index in [9.17, 15) is 4.79 Å². The van der Waals surface area contributed by atoms with Crippen LogP contribution in [-0.4, -0.2) is 47.6 Å². The van der Waals surface area contributed by atoms with E-state index in [1.807, 2.05) is 24.4 Å². The molecular formula is C18H19N3O4S. The number of thiophene rings is 1. The van der Waals surface area contributed by atoms with Gasteiger partial charge >= 0.3 is 6.01 Å². The summed E-state index contributed by atoms with van der Waals surface area (Å²) in [6, 6.07) is 10.9. The van der Waals surface area contributed by atoms with Gasteiger partial charge in [-0.2, -0.15) is 9.67 Å². The Morgan fingerprint density at radius 3 is 2.77 bits per heavy atom. The number of carbonyl (C=O) groups excluding carboxylic acids is 1. The third-order valence-corrected chi connectivity index (χ3v) is 4.39. The van der Waals surface area contributed by atoms with Gasteiger partial charge in [0.1, 0.15) is 12.4 Å². The van der Waals surface area contributed by atoms with Crippen molar-refractivity contribution >= 4 is 17.2 Å². The van der Waals surface area contributed by atoms with Crippen molar-refractivity contribution < 1.29 is 19.0 Å². The first-order valence-electron chi connectivity index (χ1n) is 8.13. The Balaban J connectivity index is 1.94. The van der Waals surface area contributed by atoms with Gasteiger partial charge in [-0.15, -0.1) is 16.4 Å². The van der Waals surface area contributed by atoms with Crippen LogP contribution >= 0.6 is 11.3 Å². The van der Waals surface area contributed by atoms with Crippen molar-refractivity contribution in [1.29, 1.82) is 0 Å². The molecule has 26 heavy (non-hydrogen) atoms. The van der Waals surface area contributed by atoms with Gasteiger partial charge in [-0.3, -0.25) is 4.79 Å². The molecule has 0 aliphatic carbocycles. The molecule has 0 unspecified atom stereocenters. The molecule has 3 aromatic rings. The topological polar surface area (TPSA) is 75.5 Å². The van der Waals surface area contributed by atoms with E-state index in [1.165, 1.54) is 23.1 Å². The minimum absolute atomic E-state index is 0.136. The molecule has 0 atom stereocenters. The Morgan fingerprint density at radius 1 is 1.19 bits per heavy atom. The first-order chi connectivity index (χ1) is 12.7. The predicted octanol–water partition coefficient (Wildman–Crippen LogP) is 3.12. The second kappa shape index (κ2) is 8.59. The monoisotopic (exact) mass is 373 g/mol. The summed E-state index contributed by atoms with van der Waals surface area (Å²) in [6.07, 6.45) is 0. The molecule has 0 aliphatic heterocycles. The number of rotatable bonds is 8. The van der Waals surface area contributed by atoms with Crippen LogP contribution in [0.5, 0.6) is 11.8 Å². The zero-order valence-electron chi connectivity index (χ0n) is 14.5. The second-order valence-corrected chi connectivity index (χ2v) is 6.11. The zero-order chi connectivity index (χ0) is 18.4. The summed E-state index contributed by atoms with van der Waals surface area (Å²) in [7, 11) is 1.52. The van der Waals surface area contributed by atoms with E-state index in [2.05, 4.69) is 10.1 Å². The summed E-state index contributed by atoms with van der Waals surface area (Å²) in [5.41, 5.74) is 0.401. The number of hydrogen-bond acceptors (Lipinski definition) is 7. The van der Waals surface area contributed by atoms with E-state index in [0.717, 1.165) is 4.88 Å². The van der Waals surface area contributed by atoms with Gasteiger partial charge in [0.15, 0.2) is 5.82 Å². The number of nitrogens with zero attached hydrogens (tertiary/aromatic N) is 3. The molecule has 7 nitrogen and oxygen atoms in total. The smallest absolute Gasteiger partial charge is 0.336 e. The molecule has 0 amide bonds. The molecule has 2 aromatic heterocycles. The van der Waals surface area contributed by atoms with Crippen LogP contribution in [0.4, 0.5) is 0 Å². The molecule has 0 radical (unpaired) electrons. The summed E-state index contributed by atoms with van der Waals surface area (Å²) in [6.45, 7) is 3.26. The fourth-order valence-corrected chi connectivity index (χ4v) is 3.03. The largest absolute Gasteiger partial charge is 0.496 e. The highest BCUT2D eigenvalue weighted by atomic mass is 32.1. The normalized spacial score (nSPS) is 10.7. The molecule has 0 bridgehead atoms. The number of hydrogen-bond donors (Lipinski definition) is 0. The van der Waals surface area contributed by atoms with E-state index >= 15 is 0 Å². The minimum Gasteiger partial charge on any atom is -0.496 e. The van der Waals surface area contributed by atoms with E-state index in [0.29, 0.717) is 37.0 Å². The molecule has 0 fully saturated rings. The first-order valence-corrected chi connectivity index (χ1v) is 9.01. The number of ether oxygens (including phenoxy) is 3. The number of benzene rings is 1. The zero-order valence-corrected chi connectivity index (χ0v) is 15.4. The van der Waals surface area contributed by atoms with Gasteiger partial charge in [0, 0.05) is 6.61 Å². The van der Waals surface area contributed by atoms with Crippen molar-refractivity contribution in [3.63, 3.8) is 0 Å². The van der Waals surface area contributed by atoms with Gasteiger partial charge in [-0.1, -0.05) is 18.2 Å². The maximum atomic E-state index is 13.0. The molecular weight excluding hydrogens is 354 g/mol. The van der Waals surface area contributed by atoms with Crippen molar-refractivity contribution in [1.82, 2.24) is 14.8 Å². The van der Waals surface area contributed by atoms with Crippen LogP contribution in [0.3, 0.4) is 0 Å². The van der Waals surface area contributed by atoms with Gasteiger partial charge in [0.2, 0.25) is 0 Å². The Hall–Kier alpha value is -2.71. The van der Waals surface area contributed by atoms with Crippen LogP contribution in [-0.2, 0) is 4.74 Å². The maximum Gasteiger partial charge on any atom is 0.336 e. The van der Waals surface area contributed by atoms with Crippen molar-refractivity contribution in [2.75, 3.05) is 26.9 Å². The van der Waals surface area contributed by atoms with Crippen LogP contribution in [0.1, 0.15) is 17.3 Å². The second-order valence-electron chi connectivity index (χ2n) is 5.16. The molecule has 1 aromatic carbocycles. The third kappa shape index (κ3) is 3.92. The SMILES string of the molecule is CCOCCOc1nc(-c2cccs2)n(C(=O)c2ccccc2OC)n1. The lowest BCUT2D eigenvalue weighted by atomic mass is 10.2. The van der Waals surface area contributed by atoms with Crippen LogP contribution in [0.25, 0.3) is 10.7 Å². The lowest BCUT2D eigenvalue weighted by Gasteiger charge is -2.07. The van der Waals surface area contributed by atoms with Crippen LogP contribution in [0.15, 0.2) is 41.8 Å². The summed E-state index contributed by atoms with van der Waals surface area (Å²) in [5.74, 6) is 0.573. The lowest BCUT2D eigenvalue weighted by Crippen LogP contribution is -2.16. The fourth-order valence-electron chi connectivity index (χ4n) is 2.33. The first kappa shape index (κ1) is 18.1. The molecule has 0 saturated carbocycles. The summed E-state index contributed by atoms with van der Waals surface area (Å²) < 4.78 is 17.3. The summed E-state index contributed by atoms with van der Waals surface area (Å²) >= 11 is 1.47. The van der Waals surface area contributed by atoms with Crippen LogP contribution < -0.4 is 9.47 Å². The van der Waals surface area contributed by atoms with Crippen LogP contribution in [0, 0.1) is 0 Å². The molecule has 0 saturated heterocycles. The highest BCUT2D eigenvalue weighted by molar-refractivity contribution is 7.13. The van der Waals surface area contributed by atoms with E-state index in [4.69, 9.17) is 14.2 Å². The number of methoxy groups -OCH3 is 1. The van der Waals surface area contributed by atoms with Crippen molar-refractivity contribution in [2.24, 2.45) is 0 Å². The van der Waals surface area contributed by atoms with E-state index in [1.54, 1.807) is 24.3 Å². The van der Waals surface area contributed by atoms with Gasteiger partial charge in [-0.25, -0.2) is 0 Å². The molecule has 8 heteroatoms. The predicted molar refractivity (Wildman–Crippen MR) is 98.0 cm³/mol. The Labute approximate surface area is 155 Å². The average Bonchev–Trinajstić information content (AvgIpc) is 3.34. The fraction of sp³-hybridized carbons (Fsp3) is 0.278. The number of aromatic nitrogens is 3. The Kier molecular flexibility index (Phi) is 5.98. The molecule has 3 rings (SSSR count). The standard InChI is InChI=1S/C18H19N3O4S/c1-3-24-10-11-25-18-19-16(15-9-6-12-26-15)21(20-18)17(22)13-7-4-5-8-14(13)23-2/h4-9,12H,3,10-11H2,1-2H3. The van der Waals surface area contributed by atoms with E-state index in [-0.39, 0.29) is 11.9 Å². The summed E-state index contributed by atoms with van der Waals surface area (Å²) in [5, 5.41) is 6.16.